The molecule has 5 nitrogen and oxygen atoms in total. The number of carbonyl (C=O) groups excluding carboxylic acids is 2. The van der Waals surface area contributed by atoms with Crippen molar-refractivity contribution in [3.63, 3.8) is 0 Å². The van der Waals surface area contributed by atoms with Crippen LogP contribution >= 0.6 is 22.6 Å². The van der Waals surface area contributed by atoms with Gasteiger partial charge in [-0.15, -0.1) is 0 Å². The van der Waals surface area contributed by atoms with Crippen molar-refractivity contribution in [3.8, 4) is 0 Å². The Balaban J connectivity index is 1.72. The lowest BCUT2D eigenvalue weighted by Gasteiger charge is -2.09. The van der Waals surface area contributed by atoms with Crippen LogP contribution in [-0.4, -0.2) is 16.8 Å². The number of anilines is 2. The fourth-order valence-electron chi connectivity index (χ4n) is 2.22. The summed E-state index contributed by atoms with van der Waals surface area (Å²) in [6, 6.07) is 17.7. The molecule has 1 heterocycles. The summed E-state index contributed by atoms with van der Waals surface area (Å²) < 4.78 is 0.874. The Morgan fingerprint density at radius 2 is 1.56 bits per heavy atom. The molecule has 0 saturated heterocycles. The van der Waals surface area contributed by atoms with Gasteiger partial charge in [0.25, 0.3) is 11.8 Å². The van der Waals surface area contributed by atoms with Gasteiger partial charge in [-0.05, 0) is 65.1 Å². The number of hydrogen-bond acceptors (Lipinski definition) is 3. The predicted octanol–water partition coefficient (Wildman–Crippen LogP) is 4.19. The van der Waals surface area contributed by atoms with Crippen molar-refractivity contribution in [2.24, 2.45) is 0 Å². The molecule has 0 aliphatic carbocycles. The zero-order valence-electron chi connectivity index (χ0n) is 13.1. The number of rotatable bonds is 4. The van der Waals surface area contributed by atoms with Crippen molar-refractivity contribution in [2.45, 2.75) is 0 Å². The smallest absolute Gasteiger partial charge is 0.257 e. The summed E-state index contributed by atoms with van der Waals surface area (Å²) in [6.45, 7) is 0. The van der Waals surface area contributed by atoms with Crippen LogP contribution < -0.4 is 10.6 Å². The molecule has 3 aromatic rings. The molecule has 0 aliphatic heterocycles. The van der Waals surface area contributed by atoms with Crippen LogP contribution in [0.3, 0.4) is 0 Å². The van der Waals surface area contributed by atoms with Crippen LogP contribution in [0.1, 0.15) is 20.7 Å². The molecule has 25 heavy (non-hydrogen) atoms. The lowest BCUT2D eigenvalue weighted by molar-refractivity contribution is 0.101. The molecule has 3 rings (SSSR count). The van der Waals surface area contributed by atoms with E-state index in [0.29, 0.717) is 22.5 Å². The molecule has 6 heteroatoms. The van der Waals surface area contributed by atoms with E-state index in [1.807, 2.05) is 18.2 Å². The van der Waals surface area contributed by atoms with Gasteiger partial charge in [-0.3, -0.25) is 14.6 Å². The number of nitrogens with zero attached hydrogens (tertiary/aromatic N) is 1. The van der Waals surface area contributed by atoms with E-state index in [0.717, 1.165) is 3.57 Å². The van der Waals surface area contributed by atoms with Crippen LogP contribution in [0.15, 0.2) is 73.1 Å². The van der Waals surface area contributed by atoms with Crippen LogP contribution in [0.2, 0.25) is 0 Å². The summed E-state index contributed by atoms with van der Waals surface area (Å²) >= 11 is 2.12. The van der Waals surface area contributed by atoms with Crippen LogP contribution in [0.25, 0.3) is 0 Å². The molecule has 0 saturated carbocycles. The van der Waals surface area contributed by atoms with Crippen LogP contribution in [0.4, 0.5) is 11.4 Å². The molecule has 0 unspecified atom stereocenters. The highest BCUT2D eigenvalue weighted by atomic mass is 127. The van der Waals surface area contributed by atoms with Crippen molar-refractivity contribution in [3.05, 3.63) is 87.8 Å². The summed E-state index contributed by atoms with van der Waals surface area (Å²) in [5.41, 5.74) is 2.27. The predicted molar refractivity (Wildman–Crippen MR) is 106 cm³/mol. The molecule has 0 spiro atoms. The van der Waals surface area contributed by atoms with E-state index in [2.05, 4.69) is 38.2 Å². The van der Waals surface area contributed by atoms with E-state index in [9.17, 15) is 9.59 Å². The molecule has 1 aromatic heterocycles. The maximum atomic E-state index is 12.4. The zero-order chi connectivity index (χ0) is 17.6. The van der Waals surface area contributed by atoms with Gasteiger partial charge in [-0.25, -0.2) is 0 Å². The Hall–Kier alpha value is -2.74. The molecule has 0 aliphatic rings. The fourth-order valence-corrected chi connectivity index (χ4v) is 2.85. The SMILES string of the molecule is O=C(Nc1cccc(NC(=O)c2ccccc2I)c1)c1cccnc1. The average Bonchev–Trinajstić information content (AvgIpc) is 2.63. The average molecular weight is 443 g/mol. The van der Waals surface area contributed by atoms with Gasteiger partial charge in [-0.1, -0.05) is 18.2 Å². The van der Waals surface area contributed by atoms with Gasteiger partial charge in [-0.2, -0.15) is 0 Å². The zero-order valence-corrected chi connectivity index (χ0v) is 15.2. The molecule has 0 atom stereocenters. The lowest BCUT2D eigenvalue weighted by Crippen LogP contribution is -2.14. The third kappa shape index (κ3) is 4.42. The molecule has 124 valence electrons. The molecule has 0 fully saturated rings. The second kappa shape index (κ2) is 7.89. The monoisotopic (exact) mass is 443 g/mol. The molecule has 2 N–H and O–H groups in total. The molecular formula is C19H14IN3O2. The summed E-state index contributed by atoms with van der Waals surface area (Å²) in [6.07, 6.45) is 3.11. The summed E-state index contributed by atoms with van der Waals surface area (Å²) in [4.78, 5) is 28.5. The Bertz CT molecular complexity index is 913. The van der Waals surface area contributed by atoms with Crippen LogP contribution in [0, 0.1) is 3.57 Å². The largest absolute Gasteiger partial charge is 0.322 e. The Kier molecular flexibility index (Phi) is 5.39. The second-order valence-electron chi connectivity index (χ2n) is 5.21. The van der Waals surface area contributed by atoms with E-state index < -0.39 is 0 Å². The first-order valence-electron chi connectivity index (χ1n) is 7.51. The van der Waals surface area contributed by atoms with Gasteiger partial charge >= 0.3 is 0 Å². The molecule has 2 amide bonds. The van der Waals surface area contributed by atoms with E-state index in [4.69, 9.17) is 0 Å². The minimum absolute atomic E-state index is 0.194. The minimum Gasteiger partial charge on any atom is -0.322 e. The maximum absolute atomic E-state index is 12.4. The number of benzene rings is 2. The topological polar surface area (TPSA) is 71.1 Å². The van der Waals surface area contributed by atoms with Gasteiger partial charge in [0.05, 0.1) is 11.1 Å². The number of nitrogens with one attached hydrogen (secondary N) is 2. The highest BCUT2D eigenvalue weighted by molar-refractivity contribution is 14.1. The van der Waals surface area contributed by atoms with Gasteiger partial charge in [0.1, 0.15) is 0 Å². The maximum Gasteiger partial charge on any atom is 0.257 e. The lowest BCUT2D eigenvalue weighted by atomic mass is 10.2. The minimum atomic E-state index is -0.255. The number of carbonyl (C=O) groups is 2. The van der Waals surface area contributed by atoms with Crippen LogP contribution in [0.5, 0.6) is 0 Å². The number of aromatic nitrogens is 1. The Labute approximate surface area is 158 Å². The number of hydrogen-bond donors (Lipinski definition) is 2. The Morgan fingerprint density at radius 1 is 0.840 bits per heavy atom. The second-order valence-corrected chi connectivity index (χ2v) is 6.37. The first kappa shape index (κ1) is 17.1. The molecule has 2 aromatic carbocycles. The Morgan fingerprint density at radius 3 is 2.24 bits per heavy atom. The quantitative estimate of drug-likeness (QED) is 0.595. The summed E-state index contributed by atoms with van der Waals surface area (Å²) in [5, 5.41) is 5.64. The molecular weight excluding hydrogens is 429 g/mol. The van der Waals surface area contributed by atoms with Crippen LogP contribution in [-0.2, 0) is 0 Å². The van der Waals surface area contributed by atoms with E-state index in [1.165, 1.54) is 6.20 Å². The van der Waals surface area contributed by atoms with E-state index >= 15 is 0 Å². The normalized spacial score (nSPS) is 10.1. The number of amides is 2. The van der Waals surface area contributed by atoms with Gasteiger partial charge in [0, 0.05) is 27.3 Å². The van der Waals surface area contributed by atoms with Crippen molar-refractivity contribution < 1.29 is 9.59 Å². The first-order chi connectivity index (χ1) is 12.1. The fraction of sp³-hybridized carbons (Fsp3) is 0. The summed E-state index contributed by atoms with van der Waals surface area (Å²) in [7, 11) is 0. The van der Waals surface area contributed by atoms with Gasteiger partial charge < -0.3 is 10.6 Å². The summed E-state index contributed by atoms with van der Waals surface area (Å²) in [5.74, 6) is -0.449. The third-order valence-corrected chi connectivity index (χ3v) is 4.36. The highest BCUT2D eigenvalue weighted by Gasteiger charge is 2.10. The first-order valence-corrected chi connectivity index (χ1v) is 8.59. The van der Waals surface area contributed by atoms with Gasteiger partial charge in [0.15, 0.2) is 0 Å². The molecule has 0 bridgehead atoms. The van der Waals surface area contributed by atoms with Crippen molar-refractivity contribution in [1.82, 2.24) is 4.98 Å². The van der Waals surface area contributed by atoms with Crippen molar-refractivity contribution >= 4 is 45.8 Å². The van der Waals surface area contributed by atoms with Gasteiger partial charge in [0.2, 0.25) is 0 Å². The number of halogens is 1. The third-order valence-electron chi connectivity index (χ3n) is 3.42. The highest BCUT2D eigenvalue weighted by Crippen LogP contribution is 2.18. The molecule has 0 radical (unpaired) electrons. The van der Waals surface area contributed by atoms with Crippen molar-refractivity contribution in [2.75, 3.05) is 10.6 Å². The van der Waals surface area contributed by atoms with E-state index in [-0.39, 0.29) is 11.8 Å². The number of pyridine rings is 1. The standard InChI is InChI=1S/C19H14IN3O2/c20-17-9-2-1-8-16(17)19(25)23-15-7-3-6-14(11-15)22-18(24)13-5-4-10-21-12-13/h1-12H,(H,22,24)(H,23,25). The van der Waals surface area contributed by atoms with E-state index in [1.54, 1.807) is 48.7 Å². The van der Waals surface area contributed by atoms with Crippen molar-refractivity contribution in [1.29, 1.82) is 0 Å².